The summed E-state index contributed by atoms with van der Waals surface area (Å²) in [5.41, 5.74) is 3.38. The molecule has 2 heterocycles. The fourth-order valence-corrected chi connectivity index (χ4v) is 6.76. The molecule has 208 valence electrons. The first-order valence-corrected chi connectivity index (χ1v) is 14.7. The normalized spacial score (nSPS) is 16.2. The number of fused-ring (bicyclic) bond motifs is 2. The lowest BCUT2D eigenvalue weighted by atomic mass is 10.0. The molecule has 0 spiro atoms. The number of anilines is 1. The molecule has 40 heavy (non-hydrogen) atoms. The highest BCUT2D eigenvalue weighted by Crippen LogP contribution is 2.38. The molecule has 3 aromatic carbocycles. The average Bonchev–Trinajstić information content (AvgIpc) is 3.02. The van der Waals surface area contributed by atoms with Crippen LogP contribution in [0.4, 0.5) is 10.5 Å². The molecule has 2 aliphatic heterocycles. The lowest BCUT2D eigenvalue weighted by Crippen LogP contribution is -2.50. The minimum atomic E-state index is -4.05. The van der Waals surface area contributed by atoms with Gasteiger partial charge in [-0.2, -0.15) is 0 Å². The highest BCUT2D eigenvalue weighted by molar-refractivity contribution is 7.91. The van der Waals surface area contributed by atoms with Crippen LogP contribution in [0.3, 0.4) is 0 Å². The molecular formula is C30H31N3O6S. The number of benzene rings is 3. The Hall–Kier alpha value is -4.18. The van der Waals surface area contributed by atoms with Crippen LogP contribution in [-0.2, 0) is 21.1 Å². The second-order valence-electron chi connectivity index (χ2n) is 9.98. The number of carbonyl (C=O) groups excluding carboxylic acids is 3. The quantitative estimate of drug-likeness (QED) is 0.473. The van der Waals surface area contributed by atoms with Gasteiger partial charge in [0.05, 0.1) is 34.2 Å². The van der Waals surface area contributed by atoms with Gasteiger partial charge in [-0.1, -0.05) is 35.9 Å². The molecule has 0 unspecified atom stereocenters. The lowest BCUT2D eigenvalue weighted by molar-refractivity contribution is 0.0570. The summed E-state index contributed by atoms with van der Waals surface area (Å²) in [4.78, 5) is 44.1. The molecule has 9 nitrogen and oxygen atoms in total. The van der Waals surface area contributed by atoms with Crippen molar-refractivity contribution in [2.24, 2.45) is 0 Å². The number of carbonyl (C=O) groups is 3. The molecule has 10 heteroatoms. The molecule has 1 saturated heterocycles. The molecule has 0 aromatic heterocycles. The predicted molar refractivity (Wildman–Crippen MR) is 149 cm³/mol. The van der Waals surface area contributed by atoms with Crippen molar-refractivity contribution in [3.05, 3.63) is 88.5 Å². The number of amides is 3. The van der Waals surface area contributed by atoms with E-state index in [1.54, 1.807) is 28.9 Å². The van der Waals surface area contributed by atoms with Crippen molar-refractivity contribution in [2.75, 3.05) is 37.7 Å². The van der Waals surface area contributed by atoms with Gasteiger partial charge in [0, 0.05) is 31.7 Å². The molecule has 3 aromatic rings. The first-order chi connectivity index (χ1) is 19.1. The zero-order valence-electron chi connectivity index (χ0n) is 22.7. The molecule has 0 aliphatic carbocycles. The van der Waals surface area contributed by atoms with E-state index in [0.717, 1.165) is 16.7 Å². The van der Waals surface area contributed by atoms with Crippen LogP contribution in [0.15, 0.2) is 70.5 Å². The number of aryl methyl sites for hydroxylation is 2. The van der Waals surface area contributed by atoms with Crippen LogP contribution in [0.2, 0.25) is 0 Å². The Kier molecular flexibility index (Phi) is 7.37. The van der Waals surface area contributed by atoms with E-state index < -0.39 is 21.8 Å². The monoisotopic (exact) mass is 561 g/mol. The van der Waals surface area contributed by atoms with Crippen molar-refractivity contribution in [2.45, 2.75) is 37.1 Å². The number of hydrogen-bond acceptors (Lipinski definition) is 6. The minimum absolute atomic E-state index is 0.0280. The average molecular weight is 562 g/mol. The summed E-state index contributed by atoms with van der Waals surface area (Å²) in [5, 5.41) is 0. The maximum Gasteiger partial charge on any atom is 0.409 e. The maximum absolute atomic E-state index is 13.9. The molecule has 0 saturated carbocycles. The lowest BCUT2D eigenvalue weighted by Gasteiger charge is -2.34. The second-order valence-corrected chi connectivity index (χ2v) is 11.9. The fourth-order valence-electron chi connectivity index (χ4n) is 5.13. The number of hydrogen-bond donors (Lipinski definition) is 0. The van der Waals surface area contributed by atoms with E-state index >= 15 is 0 Å². The third-order valence-corrected chi connectivity index (χ3v) is 9.22. The van der Waals surface area contributed by atoms with Gasteiger partial charge < -0.3 is 19.4 Å². The largest absolute Gasteiger partial charge is 0.450 e. The minimum Gasteiger partial charge on any atom is -0.450 e. The summed E-state index contributed by atoms with van der Waals surface area (Å²) in [7, 11) is -4.05. The highest BCUT2D eigenvalue weighted by Gasteiger charge is 2.37. The molecular weight excluding hydrogens is 530 g/mol. The number of piperazine rings is 1. The smallest absolute Gasteiger partial charge is 0.409 e. The number of nitrogens with zero attached hydrogens (tertiary/aromatic N) is 3. The van der Waals surface area contributed by atoms with E-state index in [0.29, 0.717) is 26.2 Å². The first kappa shape index (κ1) is 27.4. The molecule has 3 amide bonds. The van der Waals surface area contributed by atoms with Crippen molar-refractivity contribution >= 4 is 33.4 Å². The van der Waals surface area contributed by atoms with E-state index in [2.05, 4.69) is 0 Å². The first-order valence-electron chi connectivity index (χ1n) is 13.2. The molecule has 5 rings (SSSR count). The van der Waals surface area contributed by atoms with Crippen molar-refractivity contribution in [1.29, 1.82) is 0 Å². The zero-order valence-corrected chi connectivity index (χ0v) is 23.5. The summed E-state index contributed by atoms with van der Waals surface area (Å²) >= 11 is 0. The molecule has 1 fully saturated rings. The Morgan fingerprint density at radius 2 is 1.57 bits per heavy atom. The number of ether oxygens (including phenoxy) is 1. The van der Waals surface area contributed by atoms with E-state index in [9.17, 15) is 22.8 Å². The Bertz CT molecular complexity index is 1610. The Labute approximate surface area is 233 Å². The van der Waals surface area contributed by atoms with Crippen LogP contribution in [-0.4, -0.2) is 68.9 Å². The van der Waals surface area contributed by atoms with E-state index in [1.807, 2.05) is 32.0 Å². The summed E-state index contributed by atoms with van der Waals surface area (Å²) in [6, 6.07) is 16.5. The van der Waals surface area contributed by atoms with Gasteiger partial charge in [-0.05, 0) is 62.2 Å². The van der Waals surface area contributed by atoms with Gasteiger partial charge in [-0.15, -0.1) is 0 Å². The van der Waals surface area contributed by atoms with Crippen molar-refractivity contribution in [3.63, 3.8) is 0 Å². The van der Waals surface area contributed by atoms with Crippen LogP contribution in [0.25, 0.3) is 0 Å². The summed E-state index contributed by atoms with van der Waals surface area (Å²) < 4.78 is 32.6. The number of rotatable bonds is 4. The third kappa shape index (κ3) is 4.95. The highest BCUT2D eigenvalue weighted by atomic mass is 32.2. The summed E-state index contributed by atoms with van der Waals surface area (Å²) in [5.74, 6) is -0.754. The zero-order chi connectivity index (χ0) is 28.6. The van der Waals surface area contributed by atoms with Gasteiger partial charge in [0.2, 0.25) is 9.84 Å². The van der Waals surface area contributed by atoms with Crippen LogP contribution in [0.5, 0.6) is 0 Å². The van der Waals surface area contributed by atoms with Crippen molar-refractivity contribution in [1.82, 2.24) is 9.80 Å². The molecule has 0 N–H and O–H groups in total. The van der Waals surface area contributed by atoms with E-state index in [-0.39, 0.29) is 45.7 Å². The maximum atomic E-state index is 13.9. The SMILES string of the molecule is CCOC(=O)N1CCN(C(=O)c2ccc3c(c2)N(Cc2cc(C)ccc2C)C(=O)c2ccccc2S3(=O)=O)CC1. The van der Waals surface area contributed by atoms with Crippen LogP contribution < -0.4 is 4.90 Å². The van der Waals surface area contributed by atoms with E-state index in [4.69, 9.17) is 4.74 Å². The van der Waals surface area contributed by atoms with E-state index in [1.165, 1.54) is 35.2 Å². The standard InChI is InChI=1S/C30H31N3O6S/c1-4-39-30(36)32-15-13-31(14-16-32)28(34)22-11-12-27-25(18-22)33(19-23-17-20(2)9-10-21(23)3)29(35)24-7-5-6-8-26(24)40(27,37)38/h5-12,17-18H,4,13-16,19H2,1-3H3. The van der Waals surface area contributed by atoms with Crippen LogP contribution in [0, 0.1) is 13.8 Å². The second kappa shape index (κ2) is 10.8. The fraction of sp³-hybridized carbons (Fsp3) is 0.300. The summed E-state index contributed by atoms with van der Waals surface area (Å²) in [6.45, 7) is 7.33. The number of sulfone groups is 1. The van der Waals surface area contributed by atoms with Gasteiger partial charge in [-0.3, -0.25) is 9.59 Å². The molecule has 0 bridgehead atoms. The van der Waals surface area contributed by atoms with Gasteiger partial charge in [-0.25, -0.2) is 13.2 Å². The van der Waals surface area contributed by atoms with Gasteiger partial charge >= 0.3 is 6.09 Å². The van der Waals surface area contributed by atoms with Crippen LogP contribution >= 0.6 is 0 Å². The van der Waals surface area contributed by atoms with Crippen molar-refractivity contribution in [3.8, 4) is 0 Å². The van der Waals surface area contributed by atoms with Gasteiger partial charge in [0.15, 0.2) is 0 Å². The third-order valence-electron chi connectivity index (χ3n) is 7.36. The summed E-state index contributed by atoms with van der Waals surface area (Å²) in [6.07, 6.45) is -0.412. The predicted octanol–water partition coefficient (Wildman–Crippen LogP) is 4.21. The van der Waals surface area contributed by atoms with Crippen molar-refractivity contribution < 1.29 is 27.5 Å². The Morgan fingerprint density at radius 1 is 0.875 bits per heavy atom. The molecule has 0 radical (unpaired) electrons. The van der Waals surface area contributed by atoms with Gasteiger partial charge in [0.25, 0.3) is 11.8 Å². The topological polar surface area (TPSA) is 104 Å². The van der Waals surface area contributed by atoms with Crippen LogP contribution in [0.1, 0.15) is 44.3 Å². The Morgan fingerprint density at radius 3 is 2.30 bits per heavy atom. The Balaban J connectivity index is 1.55. The van der Waals surface area contributed by atoms with Gasteiger partial charge in [0.1, 0.15) is 0 Å². The molecule has 2 aliphatic rings. The molecule has 0 atom stereocenters.